The van der Waals surface area contributed by atoms with Crippen molar-refractivity contribution in [2.24, 2.45) is 5.92 Å². The Bertz CT molecular complexity index is 391. The summed E-state index contributed by atoms with van der Waals surface area (Å²) in [5.41, 5.74) is 0.114. The molecule has 1 aliphatic rings. The highest BCUT2D eigenvalue weighted by Gasteiger charge is 2.31. The molecule has 0 heterocycles. The molecule has 0 aliphatic heterocycles. The molecule has 0 radical (unpaired) electrons. The number of carboxylic acids is 1. The Hall–Kier alpha value is -1.96. The van der Waals surface area contributed by atoms with Crippen molar-refractivity contribution < 1.29 is 19.4 Å². The molecule has 0 fully saturated rings. The summed E-state index contributed by atoms with van der Waals surface area (Å²) < 4.78 is 5.19. The zero-order valence-electron chi connectivity index (χ0n) is 13.8. The number of aliphatic carboxylic acids is 1. The summed E-state index contributed by atoms with van der Waals surface area (Å²) in [6, 6.07) is 0. The van der Waals surface area contributed by atoms with Gasteiger partial charge in [0.1, 0.15) is 12.1 Å². The predicted octanol–water partition coefficient (Wildman–Crippen LogP) is 3.51. The van der Waals surface area contributed by atoms with Gasteiger partial charge in [-0.1, -0.05) is 26.8 Å². The Kier molecular flexibility index (Phi) is 10.0. The number of carbonyl (C=O) groups excluding carboxylic acids is 1. The van der Waals surface area contributed by atoms with Gasteiger partial charge < -0.3 is 9.84 Å². The zero-order valence-corrected chi connectivity index (χ0v) is 13.8. The Balaban J connectivity index is 0. The van der Waals surface area contributed by atoms with Crippen LogP contribution in [0, 0.1) is 18.8 Å². The van der Waals surface area contributed by atoms with Gasteiger partial charge in [-0.15, -0.1) is 12.8 Å². The molecule has 1 atom stereocenters. The van der Waals surface area contributed by atoms with Crippen molar-refractivity contribution in [1.29, 1.82) is 0 Å². The number of ether oxygens (including phenoxy) is 1. The lowest BCUT2D eigenvalue weighted by Gasteiger charge is -2.34. The maximum Gasteiger partial charge on any atom is 0.415 e. The number of nitrogens with zero attached hydrogens (tertiary/aromatic N) is 1. The van der Waals surface area contributed by atoms with Crippen molar-refractivity contribution in [1.82, 2.24) is 4.90 Å². The van der Waals surface area contributed by atoms with Crippen LogP contribution in [0.3, 0.4) is 0 Å². The third kappa shape index (κ3) is 8.03. The molecule has 0 saturated carbocycles. The maximum absolute atomic E-state index is 11.9. The summed E-state index contributed by atoms with van der Waals surface area (Å²) in [6.45, 7) is 10.9. The van der Waals surface area contributed by atoms with Crippen molar-refractivity contribution >= 4 is 12.1 Å². The van der Waals surface area contributed by atoms with Gasteiger partial charge in [-0.2, -0.15) is 0 Å². The highest BCUT2D eigenvalue weighted by Crippen LogP contribution is 2.30. The lowest BCUT2D eigenvalue weighted by Crippen LogP contribution is -2.42. The van der Waals surface area contributed by atoms with Crippen LogP contribution < -0.4 is 0 Å². The third-order valence-corrected chi connectivity index (χ3v) is 2.40. The number of rotatable bonds is 3. The first-order valence-electron chi connectivity index (χ1n) is 6.96. The van der Waals surface area contributed by atoms with E-state index in [0.29, 0.717) is 0 Å². The minimum Gasteiger partial charge on any atom is -0.480 e. The molecule has 1 aliphatic carbocycles. The van der Waals surface area contributed by atoms with E-state index in [9.17, 15) is 9.59 Å². The number of hydrogen-bond donors (Lipinski definition) is 1. The number of hydrogen-bond acceptors (Lipinski definition) is 3. The van der Waals surface area contributed by atoms with Crippen LogP contribution in [-0.4, -0.2) is 34.2 Å². The van der Waals surface area contributed by atoms with Crippen LogP contribution in [0.4, 0.5) is 4.79 Å². The molecule has 5 heteroatoms. The van der Waals surface area contributed by atoms with Crippen LogP contribution in [-0.2, 0) is 9.53 Å². The van der Waals surface area contributed by atoms with Crippen LogP contribution >= 0.6 is 0 Å². The van der Waals surface area contributed by atoms with Crippen LogP contribution in [0.5, 0.6) is 0 Å². The summed E-state index contributed by atoms with van der Waals surface area (Å²) in [6.07, 6.45) is 10.1. The van der Waals surface area contributed by atoms with Crippen molar-refractivity contribution in [3.8, 4) is 12.8 Å². The number of amides is 1. The van der Waals surface area contributed by atoms with E-state index in [1.165, 1.54) is 4.90 Å². The summed E-state index contributed by atoms with van der Waals surface area (Å²) in [5, 5.41) is 8.81. The molecule has 1 rings (SSSR count). The molecule has 0 bridgehead atoms. The topological polar surface area (TPSA) is 66.8 Å². The van der Waals surface area contributed by atoms with E-state index in [1.807, 2.05) is 26.8 Å². The molecule has 1 amide bonds. The van der Waals surface area contributed by atoms with Gasteiger partial charge in [-0.3, -0.25) is 9.69 Å². The number of terminal acetylenes is 1. The summed E-state index contributed by atoms with van der Waals surface area (Å²) in [5.74, 6) is -0.835. The van der Waals surface area contributed by atoms with Crippen LogP contribution in [0.25, 0.3) is 0 Å². The summed E-state index contributed by atoms with van der Waals surface area (Å²) in [7, 11) is 0. The summed E-state index contributed by atoms with van der Waals surface area (Å²) in [4.78, 5) is 23.8. The quantitative estimate of drug-likeness (QED) is 0.809. The smallest absolute Gasteiger partial charge is 0.415 e. The third-order valence-electron chi connectivity index (χ3n) is 2.40. The molecule has 120 valence electrons. The van der Waals surface area contributed by atoms with Gasteiger partial charge in [0.25, 0.3) is 0 Å². The van der Waals surface area contributed by atoms with Crippen molar-refractivity contribution in [2.45, 2.75) is 53.6 Å². The fourth-order valence-corrected chi connectivity index (χ4v) is 1.55. The van der Waals surface area contributed by atoms with Gasteiger partial charge in [-0.05, 0) is 33.1 Å². The maximum atomic E-state index is 11.9. The average molecular weight is 297 g/mol. The average Bonchev–Trinajstić information content (AvgIpc) is 2.38. The molecule has 0 aromatic carbocycles. The van der Waals surface area contributed by atoms with Crippen molar-refractivity contribution in [2.75, 3.05) is 6.54 Å². The first-order valence-corrected chi connectivity index (χ1v) is 6.96. The van der Waals surface area contributed by atoms with E-state index in [4.69, 9.17) is 9.84 Å². The van der Waals surface area contributed by atoms with Crippen molar-refractivity contribution in [3.05, 3.63) is 11.8 Å². The second-order valence-electron chi connectivity index (χ2n) is 5.23. The number of carboxylic acid groups (broad SMARTS) is 1. The molecule has 0 aromatic rings. The highest BCUT2D eigenvalue weighted by atomic mass is 16.6. The standard InChI is InChI=1S/C12H19NO4.C2H6.C2H2/c1-8-5-6-9(8)13(7-10(14)15)11(16)17-12(2,3)4;2*1-2/h6,8H,5,7H2,1-4H3,(H,14,15);1-2H3;1-2H. The SMILES string of the molecule is C#C.CC.CC1CC=C1N(CC(=O)O)C(=O)OC(C)(C)C. The second kappa shape index (κ2) is 9.87. The van der Waals surface area contributed by atoms with Gasteiger partial charge in [-0.25, -0.2) is 4.79 Å². The first-order chi connectivity index (χ1) is 9.70. The van der Waals surface area contributed by atoms with Crippen LogP contribution in [0.15, 0.2) is 11.8 Å². The van der Waals surface area contributed by atoms with Gasteiger partial charge >= 0.3 is 12.1 Å². The number of allylic oxidation sites excluding steroid dienone is 2. The molecular formula is C16H27NO4. The molecule has 0 spiro atoms. The van der Waals surface area contributed by atoms with E-state index in [1.54, 1.807) is 20.8 Å². The molecule has 5 nitrogen and oxygen atoms in total. The molecule has 0 saturated heterocycles. The van der Waals surface area contributed by atoms with E-state index in [0.717, 1.165) is 12.1 Å². The van der Waals surface area contributed by atoms with Gasteiger partial charge in [0.05, 0.1) is 0 Å². The van der Waals surface area contributed by atoms with Crippen LogP contribution in [0.1, 0.15) is 48.0 Å². The largest absolute Gasteiger partial charge is 0.480 e. The fraction of sp³-hybridized carbons (Fsp3) is 0.625. The molecular weight excluding hydrogens is 270 g/mol. The van der Waals surface area contributed by atoms with E-state index >= 15 is 0 Å². The second-order valence-corrected chi connectivity index (χ2v) is 5.23. The lowest BCUT2D eigenvalue weighted by atomic mass is 9.91. The zero-order chi connectivity index (χ0) is 17.2. The van der Waals surface area contributed by atoms with Crippen molar-refractivity contribution in [3.63, 3.8) is 0 Å². The van der Waals surface area contributed by atoms with E-state index < -0.39 is 17.7 Å². The Morgan fingerprint density at radius 3 is 2.10 bits per heavy atom. The van der Waals surface area contributed by atoms with Crippen LogP contribution in [0.2, 0.25) is 0 Å². The predicted molar refractivity (Wildman–Crippen MR) is 83.7 cm³/mol. The van der Waals surface area contributed by atoms with E-state index in [2.05, 4.69) is 12.8 Å². The van der Waals surface area contributed by atoms with E-state index in [-0.39, 0.29) is 12.5 Å². The molecule has 21 heavy (non-hydrogen) atoms. The Labute approximate surface area is 128 Å². The normalized spacial score (nSPS) is 15.8. The first kappa shape index (κ1) is 21.3. The molecule has 1 N–H and O–H groups in total. The van der Waals surface area contributed by atoms with Gasteiger partial charge in [0.15, 0.2) is 0 Å². The molecule has 0 aromatic heterocycles. The minimum absolute atomic E-state index is 0.210. The molecule has 1 unspecified atom stereocenters. The minimum atomic E-state index is -1.05. The Morgan fingerprint density at radius 1 is 1.38 bits per heavy atom. The summed E-state index contributed by atoms with van der Waals surface area (Å²) >= 11 is 0. The fourth-order valence-electron chi connectivity index (χ4n) is 1.55. The monoisotopic (exact) mass is 297 g/mol. The highest BCUT2D eigenvalue weighted by molar-refractivity contribution is 5.78. The lowest BCUT2D eigenvalue weighted by molar-refractivity contribution is -0.138. The Morgan fingerprint density at radius 2 is 1.86 bits per heavy atom. The van der Waals surface area contributed by atoms with Gasteiger partial charge in [0.2, 0.25) is 0 Å². The number of carbonyl (C=O) groups is 2. The van der Waals surface area contributed by atoms with Gasteiger partial charge in [0, 0.05) is 5.70 Å².